The molecule has 0 aromatic heterocycles. The van der Waals surface area contributed by atoms with Crippen molar-refractivity contribution in [3.8, 4) is 5.75 Å². The molecule has 0 aliphatic heterocycles. The van der Waals surface area contributed by atoms with Crippen LogP contribution in [-0.4, -0.2) is 13.7 Å². The zero-order chi connectivity index (χ0) is 13.7. The molecule has 0 fully saturated rings. The molecule has 3 heteroatoms. The van der Waals surface area contributed by atoms with E-state index in [1.165, 1.54) is 11.1 Å². The first-order chi connectivity index (χ1) is 9.26. The number of anilines is 1. The minimum Gasteiger partial charge on any atom is -0.495 e. The van der Waals surface area contributed by atoms with Crippen LogP contribution in [0.1, 0.15) is 17.2 Å². The van der Waals surface area contributed by atoms with Gasteiger partial charge in [0.25, 0.3) is 0 Å². The summed E-state index contributed by atoms with van der Waals surface area (Å²) < 4.78 is 5.35. The summed E-state index contributed by atoms with van der Waals surface area (Å²) in [6, 6.07) is 16.2. The molecule has 0 aliphatic rings. The Hall–Kier alpha value is -2.00. The van der Waals surface area contributed by atoms with E-state index in [0.29, 0.717) is 6.54 Å². The number of ether oxygens (including phenoxy) is 1. The minimum absolute atomic E-state index is 0.0810. The largest absolute Gasteiger partial charge is 0.495 e. The van der Waals surface area contributed by atoms with Gasteiger partial charge >= 0.3 is 0 Å². The van der Waals surface area contributed by atoms with Crippen LogP contribution in [0.3, 0.4) is 0 Å². The SMILES string of the molecule is COc1ccccc1NC(CN)c1ccccc1C. The number of rotatable bonds is 5. The van der Waals surface area contributed by atoms with Crippen LogP contribution in [0.15, 0.2) is 48.5 Å². The van der Waals surface area contributed by atoms with E-state index in [9.17, 15) is 0 Å². The highest BCUT2D eigenvalue weighted by Gasteiger charge is 2.13. The highest BCUT2D eigenvalue weighted by molar-refractivity contribution is 5.57. The van der Waals surface area contributed by atoms with Crippen LogP contribution >= 0.6 is 0 Å². The van der Waals surface area contributed by atoms with Gasteiger partial charge in [-0.3, -0.25) is 0 Å². The van der Waals surface area contributed by atoms with Gasteiger partial charge in [-0.15, -0.1) is 0 Å². The van der Waals surface area contributed by atoms with E-state index in [1.54, 1.807) is 7.11 Å². The van der Waals surface area contributed by atoms with Crippen molar-refractivity contribution in [2.24, 2.45) is 5.73 Å². The normalized spacial score (nSPS) is 11.9. The fourth-order valence-corrected chi connectivity index (χ4v) is 2.19. The van der Waals surface area contributed by atoms with E-state index in [2.05, 4.69) is 24.4 Å². The van der Waals surface area contributed by atoms with E-state index in [0.717, 1.165) is 11.4 Å². The number of methoxy groups -OCH3 is 1. The third-order valence-corrected chi connectivity index (χ3v) is 3.24. The molecule has 1 unspecified atom stereocenters. The molecule has 0 bridgehead atoms. The van der Waals surface area contributed by atoms with Crippen molar-refractivity contribution in [3.05, 3.63) is 59.7 Å². The minimum atomic E-state index is 0.0810. The van der Waals surface area contributed by atoms with Gasteiger partial charge in [-0.05, 0) is 30.2 Å². The third-order valence-electron chi connectivity index (χ3n) is 3.24. The summed E-state index contributed by atoms with van der Waals surface area (Å²) in [6.07, 6.45) is 0. The lowest BCUT2D eigenvalue weighted by atomic mass is 10.0. The van der Waals surface area contributed by atoms with Gasteiger partial charge in [0.15, 0.2) is 0 Å². The first-order valence-corrected chi connectivity index (χ1v) is 6.41. The van der Waals surface area contributed by atoms with Gasteiger partial charge in [-0.25, -0.2) is 0 Å². The maximum absolute atomic E-state index is 5.91. The van der Waals surface area contributed by atoms with Gasteiger partial charge < -0.3 is 15.8 Å². The molecule has 19 heavy (non-hydrogen) atoms. The highest BCUT2D eigenvalue weighted by Crippen LogP contribution is 2.28. The average molecular weight is 256 g/mol. The number of para-hydroxylation sites is 2. The summed E-state index contributed by atoms with van der Waals surface area (Å²) in [5.74, 6) is 0.828. The van der Waals surface area contributed by atoms with E-state index in [1.807, 2.05) is 36.4 Å². The maximum Gasteiger partial charge on any atom is 0.141 e. The number of nitrogens with two attached hydrogens (primary N) is 1. The van der Waals surface area contributed by atoms with Crippen molar-refractivity contribution in [3.63, 3.8) is 0 Å². The van der Waals surface area contributed by atoms with Crippen molar-refractivity contribution < 1.29 is 4.74 Å². The van der Waals surface area contributed by atoms with Gasteiger partial charge in [0.1, 0.15) is 5.75 Å². The second kappa shape index (κ2) is 6.25. The lowest BCUT2D eigenvalue weighted by Gasteiger charge is -2.21. The lowest BCUT2D eigenvalue weighted by Crippen LogP contribution is -2.21. The number of nitrogens with one attached hydrogen (secondary N) is 1. The Kier molecular flexibility index (Phi) is 4.42. The Bertz CT molecular complexity index is 540. The molecule has 2 rings (SSSR count). The average Bonchev–Trinajstić information content (AvgIpc) is 2.46. The van der Waals surface area contributed by atoms with Gasteiger partial charge in [0.05, 0.1) is 18.8 Å². The summed E-state index contributed by atoms with van der Waals surface area (Å²) in [5.41, 5.74) is 9.33. The van der Waals surface area contributed by atoms with Crippen LogP contribution < -0.4 is 15.8 Å². The molecule has 3 nitrogen and oxygen atoms in total. The van der Waals surface area contributed by atoms with E-state index in [-0.39, 0.29) is 6.04 Å². The zero-order valence-corrected chi connectivity index (χ0v) is 11.4. The fraction of sp³-hybridized carbons (Fsp3) is 0.250. The van der Waals surface area contributed by atoms with Gasteiger partial charge in [-0.1, -0.05) is 36.4 Å². The van der Waals surface area contributed by atoms with Crippen molar-refractivity contribution in [2.45, 2.75) is 13.0 Å². The molecule has 0 aliphatic carbocycles. The third kappa shape index (κ3) is 3.06. The molecular formula is C16H20N2O. The van der Waals surface area contributed by atoms with Crippen molar-refractivity contribution in [1.82, 2.24) is 0 Å². The molecule has 2 aromatic carbocycles. The summed E-state index contributed by atoms with van der Waals surface area (Å²) in [6.45, 7) is 2.63. The number of aryl methyl sites for hydroxylation is 1. The summed E-state index contributed by atoms with van der Waals surface area (Å²) >= 11 is 0. The molecule has 3 N–H and O–H groups in total. The second-order valence-corrected chi connectivity index (χ2v) is 4.49. The molecule has 0 amide bonds. The topological polar surface area (TPSA) is 47.3 Å². The Balaban J connectivity index is 2.27. The number of hydrogen-bond acceptors (Lipinski definition) is 3. The first kappa shape index (κ1) is 13.4. The molecule has 100 valence electrons. The lowest BCUT2D eigenvalue weighted by molar-refractivity contribution is 0.416. The monoisotopic (exact) mass is 256 g/mol. The van der Waals surface area contributed by atoms with Crippen molar-refractivity contribution >= 4 is 5.69 Å². The molecule has 0 spiro atoms. The van der Waals surface area contributed by atoms with Crippen LogP contribution in [0.4, 0.5) is 5.69 Å². The molecule has 0 radical (unpaired) electrons. The fourth-order valence-electron chi connectivity index (χ4n) is 2.19. The summed E-state index contributed by atoms with van der Waals surface area (Å²) in [5, 5.41) is 3.46. The molecule has 0 heterocycles. The predicted octanol–water partition coefficient (Wildman–Crippen LogP) is 3.12. The van der Waals surface area contributed by atoms with Crippen LogP contribution in [0.2, 0.25) is 0 Å². The van der Waals surface area contributed by atoms with Crippen LogP contribution in [0.5, 0.6) is 5.75 Å². The van der Waals surface area contributed by atoms with E-state index < -0.39 is 0 Å². The molecular weight excluding hydrogens is 236 g/mol. The quantitative estimate of drug-likeness (QED) is 0.864. The smallest absolute Gasteiger partial charge is 0.141 e. The molecule has 0 saturated heterocycles. The van der Waals surface area contributed by atoms with Crippen LogP contribution in [-0.2, 0) is 0 Å². The van der Waals surface area contributed by atoms with Crippen LogP contribution in [0, 0.1) is 6.92 Å². The van der Waals surface area contributed by atoms with Crippen molar-refractivity contribution in [1.29, 1.82) is 0 Å². The first-order valence-electron chi connectivity index (χ1n) is 6.41. The molecule has 2 aromatic rings. The second-order valence-electron chi connectivity index (χ2n) is 4.49. The molecule has 1 atom stereocenters. The predicted molar refractivity (Wildman–Crippen MR) is 79.6 cm³/mol. The number of hydrogen-bond donors (Lipinski definition) is 2. The van der Waals surface area contributed by atoms with Crippen molar-refractivity contribution in [2.75, 3.05) is 19.0 Å². The number of benzene rings is 2. The highest BCUT2D eigenvalue weighted by atomic mass is 16.5. The Morgan fingerprint density at radius 2 is 1.79 bits per heavy atom. The van der Waals surface area contributed by atoms with Gasteiger partial charge in [-0.2, -0.15) is 0 Å². The standard InChI is InChI=1S/C16H20N2O/c1-12-7-3-4-8-13(12)15(11-17)18-14-9-5-6-10-16(14)19-2/h3-10,15,18H,11,17H2,1-2H3. The van der Waals surface area contributed by atoms with Gasteiger partial charge in [0, 0.05) is 6.54 Å². The van der Waals surface area contributed by atoms with E-state index >= 15 is 0 Å². The van der Waals surface area contributed by atoms with E-state index in [4.69, 9.17) is 10.5 Å². The summed E-state index contributed by atoms with van der Waals surface area (Å²) in [7, 11) is 1.67. The Morgan fingerprint density at radius 1 is 1.11 bits per heavy atom. The zero-order valence-electron chi connectivity index (χ0n) is 11.4. The maximum atomic E-state index is 5.91. The molecule has 0 saturated carbocycles. The summed E-state index contributed by atoms with van der Waals surface area (Å²) in [4.78, 5) is 0. The Labute approximate surface area is 114 Å². The Morgan fingerprint density at radius 3 is 2.47 bits per heavy atom. The van der Waals surface area contributed by atoms with Gasteiger partial charge in [0.2, 0.25) is 0 Å². The van der Waals surface area contributed by atoms with Crippen LogP contribution in [0.25, 0.3) is 0 Å².